The maximum absolute atomic E-state index is 13.2. The van der Waals surface area contributed by atoms with Gasteiger partial charge < -0.3 is 0 Å². The van der Waals surface area contributed by atoms with Crippen LogP contribution in [0.4, 0.5) is 8.78 Å². The van der Waals surface area contributed by atoms with Gasteiger partial charge in [-0.05, 0) is 30.9 Å². The van der Waals surface area contributed by atoms with Crippen LogP contribution in [0.2, 0.25) is 0 Å². The molecule has 0 amide bonds. The number of benzene rings is 1. The summed E-state index contributed by atoms with van der Waals surface area (Å²) < 4.78 is 26.5. The summed E-state index contributed by atoms with van der Waals surface area (Å²) in [6.45, 7) is 3.89. The average molecular weight is 184 g/mol. The summed E-state index contributed by atoms with van der Waals surface area (Å²) in [7, 11) is 0. The molecule has 0 N–H and O–H groups in total. The summed E-state index contributed by atoms with van der Waals surface area (Å²) in [5.41, 5.74) is 0.243. The van der Waals surface area contributed by atoms with Crippen molar-refractivity contribution in [3.8, 4) is 0 Å². The molecule has 0 nitrogen and oxygen atoms in total. The van der Waals surface area contributed by atoms with Crippen LogP contribution in [-0.2, 0) is 0 Å². The molecule has 0 unspecified atom stereocenters. The predicted octanol–water partition coefficient (Wildman–Crippen LogP) is 3.87. The molecule has 0 aromatic heterocycles. The Hall–Kier alpha value is -0.920. The minimum Gasteiger partial charge on any atom is -0.207 e. The fraction of sp³-hybridized carbons (Fsp3) is 0.455. The number of hydrogen-bond donors (Lipinski definition) is 0. The zero-order chi connectivity index (χ0) is 9.84. The van der Waals surface area contributed by atoms with Gasteiger partial charge in [-0.15, -0.1) is 0 Å². The van der Waals surface area contributed by atoms with E-state index in [9.17, 15) is 8.78 Å². The average Bonchev–Trinajstić information content (AvgIpc) is 2.11. The smallest absolute Gasteiger partial charge is 0.129 e. The largest absolute Gasteiger partial charge is 0.207 e. The van der Waals surface area contributed by atoms with Crippen molar-refractivity contribution in [2.75, 3.05) is 0 Å². The van der Waals surface area contributed by atoms with Crippen LogP contribution in [0.15, 0.2) is 18.2 Å². The van der Waals surface area contributed by atoms with Crippen LogP contribution in [0.1, 0.15) is 38.2 Å². The minimum absolute atomic E-state index is 0.00111. The van der Waals surface area contributed by atoms with Crippen molar-refractivity contribution in [3.63, 3.8) is 0 Å². The second-order valence-corrected chi connectivity index (χ2v) is 3.15. The minimum atomic E-state index is -0.422. The van der Waals surface area contributed by atoms with Gasteiger partial charge in [-0.2, -0.15) is 0 Å². The quantitative estimate of drug-likeness (QED) is 0.669. The first-order valence-electron chi connectivity index (χ1n) is 4.64. The van der Waals surface area contributed by atoms with Gasteiger partial charge in [0.25, 0.3) is 0 Å². The molecule has 0 aliphatic carbocycles. The van der Waals surface area contributed by atoms with Crippen LogP contribution in [0.3, 0.4) is 0 Å². The molecule has 0 radical (unpaired) electrons. The monoisotopic (exact) mass is 184 g/mol. The first-order valence-corrected chi connectivity index (χ1v) is 4.64. The molecule has 13 heavy (non-hydrogen) atoms. The summed E-state index contributed by atoms with van der Waals surface area (Å²) in [5.74, 6) is -0.844. The molecular weight excluding hydrogens is 170 g/mol. The Labute approximate surface area is 77.6 Å². The second kappa shape index (κ2) is 4.35. The molecule has 0 atom stereocenters. The van der Waals surface area contributed by atoms with E-state index >= 15 is 0 Å². The van der Waals surface area contributed by atoms with Crippen LogP contribution in [0.5, 0.6) is 0 Å². The Morgan fingerprint density at radius 3 is 1.92 bits per heavy atom. The SMILES string of the molecule is CCC(CC)c1c(F)cccc1F. The van der Waals surface area contributed by atoms with Gasteiger partial charge in [0.05, 0.1) is 0 Å². The summed E-state index contributed by atoms with van der Waals surface area (Å²) in [6.07, 6.45) is 1.54. The maximum Gasteiger partial charge on any atom is 0.129 e. The number of halogens is 2. The highest BCUT2D eigenvalue weighted by Gasteiger charge is 2.16. The van der Waals surface area contributed by atoms with Gasteiger partial charge in [0.1, 0.15) is 11.6 Å². The van der Waals surface area contributed by atoms with E-state index in [0.29, 0.717) is 0 Å². The van der Waals surface area contributed by atoms with Gasteiger partial charge >= 0.3 is 0 Å². The first-order chi connectivity index (χ1) is 6.20. The molecule has 0 fully saturated rings. The molecular formula is C11H14F2. The molecule has 1 aromatic rings. The van der Waals surface area contributed by atoms with Crippen molar-refractivity contribution in [2.45, 2.75) is 32.6 Å². The van der Waals surface area contributed by atoms with Gasteiger partial charge in [-0.1, -0.05) is 19.9 Å². The van der Waals surface area contributed by atoms with Gasteiger partial charge in [0.15, 0.2) is 0 Å². The fourth-order valence-electron chi connectivity index (χ4n) is 1.60. The number of rotatable bonds is 3. The lowest BCUT2D eigenvalue weighted by Gasteiger charge is -2.14. The Bertz CT molecular complexity index is 257. The Morgan fingerprint density at radius 2 is 1.54 bits per heavy atom. The Balaban J connectivity index is 3.10. The fourth-order valence-corrected chi connectivity index (χ4v) is 1.60. The third-order valence-electron chi connectivity index (χ3n) is 2.39. The van der Waals surface area contributed by atoms with Gasteiger partial charge in [-0.25, -0.2) is 8.78 Å². The highest BCUT2D eigenvalue weighted by atomic mass is 19.1. The lowest BCUT2D eigenvalue weighted by Crippen LogP contribution is -2.02. The molecule has 72 valence electrons. The van der Waals surface area contributed by atoms with Crippen molar-refractivity contribution < 1.29 is 8.78 Å². The molecule has 0 bridgehead atoms. The van der Waals surface area contributed by atoms with E-state index < -0.39 is 11.6 Å². The molecule has 0 saturated heterocycles. The molecule has 0 saturated carbocycles. The van der Waals surface area contributed by atoms with Gasteiger partial charge in [-0.3, -0.25) is 0 Å². The zero-order valence-corrected chi connectivity index (χ0v) is 7.98. The molecule has 0 aliphatic rings. The highest BCUT2D eigenvalue weighted by Crippen LogP contribution is 2.27. The molecule has 0 spiro atoms. The predicted molar refractivity (Wildman–Crippen MR) is 49.7 cm³/mol. The van der Waals surface area contributed by atoms with Crippen molar-refractivity contribution in [1.82, 2.24) is 0 Å². The van der Waals surface area contributed by atoms with E-state index in [2.05, 4.69) is 0 Å². The van der Waals surface area contributed by atoms with E-state index in [4.69, 9.17) is 0 Å². The van der Waals surface area contributed by atoms with Crippen molar-refractivity contribution in [2.24, 2.45) is 0 Å². The third-order valence-corrected chi connectivity index (χ3v) is 2.39. The van der Waals surface area contributed by atoms with Crippen LogP contribution in [0, 0.1) is 11.6 Å². The van der Waals surface area contributed by atoms with E-state index in [1.54, 1.807) is 0 Å². The molecule has 0 aliphatic heterocycles. The summed E-state index contributed by atoms with van der Waals surface area (Å²) in [6, 6.07) is 4.03. The van der Waals surface area contributed by atoms with E-state index in [1.807, 2.05) is 13.8 Å². The summed E-state index contributed by atoms with van der Waals surface area (Å²) >= 11 is 0. The highest BCUT2D eigenvalue weighted by molar-refractivity contribution is 5.23. The van der Waals surface area contributed by atoms with E-state index in [-0.39, 0.29) is 11.5 Å². The molecule has 2 heteroatoms. The summed E-state index contributed by atoms with van der Waals surface area (Å²) in [4.78, 5) is 0. The van der Waals surface area contributed by atoms with Crippen molar-refractivity contribution >= 4 is 0 Å². The van der Waals surface area contributed by atoms with E-state index in [1.165, 1.54) is 18.2 Å². The maximum atomic E-state index is 13.2. The third kappa shape index (κ3) is 2.06. The molecule has 1 rings (SSSR count). The van der Waals surface area contributed by atoms with Gasteiger partial charge in [0, 0.05) is 5.56 Å². The normalized spacial score (nSPS) is 10.8. The molecule has 1 aromatic carbocycles. The van der Waals surface area contributed by atoms with Crippen LogP contribution < -0.4 is 0 Å². The van der Waals surface area contributed by atoms with Crippen molar-refractivity contribution in [1.29, 1.82) is 0 Å². The standard InChI is InChI=1S/C11H14F2/c1-3-8(4-2)11-9(12)6-5-7-10(11)13/h5-8H,3-4H2,1-2H3. The van der Waals surface area contributed by atoms with Crippen LogP contribution >= 0.6 is 0 Å². The summed E-state index contributed by atoms with van der Waals surface area (Å²) in [5, 5.41) is 0. The van der Waals surface area contributed by atoms with Crippen molar-refractivity contribution in [3.05, 3.63) is 35.4 Å². The van der Waals surface area contributed by atoms with E-state index in [0.717, 1.165) is 12.8 Å². The van der Waals surface area contributed by atoms with Crippen LogP contribution in [-0.4, -0.2) is 0 Å². The number of hydrogen-bond acceptors (Lipinski definition) is 0. The van der Waals surface area contributed by atoms with Gasteiger partial charge in [0.2, 0.25) is 0 Å². The topological polar surface area (TPSA) is 0 Å². The molecule has 0 heterocycles. The zero-order valence-electron chi connectivity index (χ0n) is 7.98. The first kappa shape index (κ1) is 10.2. The Kier molecular flexibility index (Phi) is 3.40. The van der Waals surface area contributed by atoms with Crippen LogP contribution in [0.25, 0.3) is 0 Å². The lowest BCUT2D eigenvalue weighted by molar-refractivity contribution is 0.507. The second-order valence-electron chi connectivity index (χ2n) is 3.15. The lowest BCUT2D eigenvalue weighted by atomic mass is 9.93. The Morgan fingerprint density at radius 1 is 1.08 bits per heavy atom.